The number of carbonyl (C=O) groups excluding carboxylic acids is 1. The Labute approximate surface area is 112 Å². The van der Waals surface area contributed by atoms with Crippen LogP contribution in [0.5, 0.6) is 0 Å². The van der Waals surface area contributed by atoms with Gasteiger partial charge >= 0.3 is 0 Å². The fraction of sp³-hybridized carbons (Fsp3) is 0.308. The Balaban J connectivity index is 3.11. The zero-order valence-corrected chi connectivity index (χ0v) is 11.8. The zero-order chi connectivity index (χ0) is 12.8. The van der Waals surface area contributed by atoms with E-state index in [2.05, 4.69) is 0 Å². The van der Waals surface area contributed by atoms with Crippen LogP contribution in [0, 0.1) is 0 Å². The number of nitrogens with zero attached hydrogens (tertiary/aromatic N) is 1. The van der Waals surface area contributed by atoms with Crippen molar-refractivity contribution < 1.29 is 4.79 Å². The topological polar surface area (TPSA) is 20.3 Å². The summed E-state index contributed by atoms with van der Waals surface area (Å²) in [5.41, 5.74) is 1.57. The molecule has 2 nitrogen and oxygen atoms in total. The number of hydrogen-bond acceptors (Lipinski definition) is 3. The quantitative estimate of drug-likeness (QED) is 0.766. The van der Waals surface area contributed by atoms with E-state index in [0.717, 1.165) is 5.56 Å². The van der Waals surface area contributed by atoms with Crippen LogP contribution in [0.3, 0.4) is 0 Å². The standard InChI is InChI=1S/C13H16ClNOS/c1-15(2)8-12(13(16)9-17-3)10-5-4-6-11(14)7-10/h4-8H,9H2,1-3H3. The van der Waals surface area contributed by atoms with Crippen molar-refractivity contribution in [1.29, 1.82) is 0 Å². The third-order valence-electron chi connectivity index (χ3n) is 2.10. The Morgan fingerprint density at radius 3 is 2.71 bits per heavy atom. The van der Waals surface area contributed by atoms with Gasteiger partial charge in [0.25, 0.3) is 0 Å². The predicted octanol–water partition coefficient (Wildman–Crippen LogP) is 3.17. The molecule has 0 atom stereocenters. The lowest BCUT2D eigenvalue weighted by Crippen LogP contribution is -2.10. The molecule has 0 aromatic heterocycles. The number of rotatable bonds is 5. The van der Waals surface area contributed by atoms with Crippen LogP contribution >= 0.6 is 23.4 Å². The van der Waals surface area contributed by atoms with Gasteiger partial charge in [-0.1, -0.05) is 23.7 Å². The van der Waals surface area contributed by atoms with Crippen molar-refractivity contribution in [3.05, 3.63) is 41.1 Å². The van der Waals surface area contributed by atoms with Gasteiger partial charge < -0.3 is 4.90 Å². The van der Waals surface area contributed by atoms with E-state index in [0.29, 0.717) is 16.3 Å². The largest absolute Gasteiger partial charge is 0.383 e. The van der Waals surface area contributed by atoms with Crippen LogP contribution in [0.1, 0.15) is 5.56 Å². The predicted molar refractivity (Wildman–Crippen MR) is 76.5 cm³/mol. The molecule has 17 heavy (non-hydrogen) atoms. The molecular formula is C13H16ClNOS. The molecule has 0 saturated carbocycles. The van der Waals surface area contributed by atoms with Gasteiger partial charge in [-0.05, 0) is 24.0 Å². The van der Waals surface area contributed by atoms with Crippen LogP contribution in [-0.2, 0) is 4.79 Å². The minimum atomic E-state index is 0.119. The van der Waals surface area contributed by atoms with Crippen molar-refractivity contribution in [2.24, 2.45) is 0 Å². The van der Waals surface area contributed by atoms with E-state index in [1.54, 1.807) is 6.07 Å². The number of Topliss-reactive ketones (excluding diaryl/α,β-unsaturated/α-hetero) is 1. The van der Waals surface area contributed by atoms with Crippen molar-refractivity contribution in [1.82, 2.24) is 4.90 Å². The van der Waals surface area contributed by atoms with Crippen LogP contribution in [0.2, 0.25) is 5.02 Å². The minimum Gasteiger partial charge on any atom is -0.383 e. The number of hydrogen-bond donors (Lipinski definition) is 0. The molecule has 0 N–H and O–H groups in total. The summed E-state index contributed by atoms with van der Waals surface area (Å²) in [6.07, 6.45) is 3.76. The van der Waals surface area contributed by atoms with Crippen molar-refractivity contribution in [3.63, 3.8) is 0 Å². The second-order valence-corrected chi connectivity index (χ2v) is 5.18. The molecule has 1 rings (SSSR count). The molecule has 0 aliphatic carbocycles. The average Bonchev–Trinajstić information content (AvgIpc) is 2.26. The first kappa shape index (κ1) is 14.1. The van der Waals surface area contributed by atoms with Crippen LogP contribution in [0.25, 0.3) is 5.57 Å². The summed E-state index contributed by atoms with van der Waals surface area (Å²) in [6.45, 7) is 0. The number of carbonyl (C=O) groups is 1. The molecule has 0 bridgehead atoms. The van der Waals surface area contributed by atoms with E-state index in [-0.39, 0.29) is 5.78 Å². The highest BCUT2D eigenvalue weighted by molar-refractivity contribution is 7.99. The van der Waals surface area contributed by atoms with E-state index in [4.69, 9.17) is 11.6 Å². The van der Waals surface area contributed by atoms with Crippen molar-refractivity contribution in [2.45, 2.75) is 0 Å². The minimum absolute atomic E-state index is 0.119. The monoisotopic (exact) mass is 269 g/mol. The van der Waals surface area contributed by atoms with E-state index < -0.39 is 0 Å². The molecule has 0 aliphatic heterocycles. The zero-order valence-electron chi connectivity index (χ0n) is 10.2. The van der Waals surface area contributed by atoms with Crippen LogP contribution < -0.4 is 0 Å². The van der Waals surface area contributed by atoms with Gasteiger partial charge in [0.15, 0.2) is 5.78 Å². The second-order valence-electron chi connectivity index (χ2n) is 3.87. The van der Waals surface area contributed by atoms with Gasteiger partial charge in [-0.25, -0.2) is 0 Å². The molecule has 92 valence electrons. The number of ketones is 1. The fourth-order valence-electron chi connectivity index (χ4n) is 1.43. The first-order valence-corrected chi connectivity index (χ1v) is 6.98. The summed E-state index contributed by atoms with van der Waals surface area (Å²) < 4.78 is 0. The Kier molecular flexibility index (Phi) is 5.59. The van der Waals surface area contributed by atoms with E-state index >= 15 is 0 Å². The van der Waals surface area contributed by atoms with Gasteiger partial charge in [0, 0.05) is 30.9 Å². The van der Waals surface area contributed by atoms with Gasteiger partial charge in [-0.3, -0.25) is 4.79 Å². The van der Waals surface area contributed by atoms with E-state index in [9.17, 15) is 4.79 Å². The lowest BCUT2D eigenvalue weighted by atomic mass is 10.0. The van der Waals surface area contributed by atoms with Crippen LogP contribution in [0.4, 0.5) is 0 Å². The van der Waals surface area contributed by atoms with E-state index in [1.807, 2.05) is 49.7 Å². The maximum atomic E-state index is 12.0. The molecule has 0 saturated heterocycles. The summed E-state index contributed by atoms with van der Waals surface area (Å²) in [5, 5.41) is 0.643. The molecule has 0 fully saturated rings. The Morgan fingerprint density at radius 1 is 1.47 bits per heavy atom. The number of halogens is 1. The second kappa shape index (κ2) is 6.72. The van der Waals surface area contributed by atoms with Crippen molar-refractivity contribution >= 4 is 34.7 Å². The lowest BCUT2D eigenvalue weighted by molar-refractivity contribution is -0.111. The van der Waals surface area contributed by atoms with Gasteiger partial charge in [-0.2, -0.15) is 11.8 Å². The normalized spacial score (nSPS) is 11.4. The molecule has 1 aromatic carbocycles. The number of allylic oxidation sites excluding steroid dienone is 1. The molecule has 0 aliphatic rings. The fourth-order valence-corrected chi connectivity index (χ4v) is 2.04. The molecule has 4 heteroatoms. The smallest absolute Gasteiger partial charge is 0.174 e. The highest BCUT2D eigenvalue weighted by atomic mass is 35.5. The molecule has 0 heterocycles. The SMILES string of the molecule is CSCC(=O)C(=CN(C)C)c1cccc(Cl)c1. The molecule has 1 aromatic rings. The summed E-state index contributed by atoms with van der Waals surface area (Å²) >= 11 is 7.47. The third kappa shape index (κ3) is 4.44. The van der Waals surface area contributed by atoms with Gasteiger partial charge in [0.05, 0.1) is 5.75 Å². The highest BCUT2D eigenvalue weighted by Gasteiger charge is 2.12. The van der Waals surface area contributed by atoms with E-state index in [1.165, 1.54) is 11.8 Å². The molecular weight excluding hydrogens is 254 g/mol. The molecule has 0 radical (unpaired) electrons. The summed E-state index contributed by atoms with van der Waals surface area (Å²) in [5.74, 6) is 0.597. The molecule has 0 unspecified atom stereocenters. The van der Waals surface area contributed by atoms with Gasteiger partial charge in [0.1, 0.15) is 0 Å². The maximum absolute atomic E-state index is 12.0. The van der Waals surface area contributed by atoms with Gasteiger partial charge in [0.2, 0.25) is 0 Å². The molecule has 0 spiro atoms. The average molecular weight is 270 g/mol. The van der Waals surface area contributed by atoms with Crippen LogP contribution in [0.15, 0.2) is 30.5 Å². The Morgan fingerprint density at radius 2 is 2.18 bits per heavy atom. The maximum Gasteiger partial charge on any atom is 0.174 e. The third-order valence-corrected chi connectivity index (χ3v) is 2.88. The first-order valence-electron chi connectivity index (χ1n) is 5.21. The summed E-state index contributed by atoms with van der Waals surface area (Å²) in [7, 11) is 3.80. The van der Waals surface area contributed by atoms with Crippen LogP contribution in [-0.4, -0.2) is 36.8 Å². The number of thioether (sulfide) groups is 1. The Bertz CT molecular complexity index is 429. The first-order chi connectivity index (χ1) is 8.04. The lowest BCUT2D eigenvalue weighted by Gasteiger charge is -2.11. The summed E-state index contributed by atoms with van der Waals surface area (Å²) in [4.78, 5) is 13.9. The van der Waals surface area contributed by atoms with Crippen molar-refractivity contribution in [3.8, 4) is 0 Å². The van der Waals surface area contributed by atoms with Crippen molar-refractivity contribution in [2.75, 3.05) is 26.1 Å². The number of benzene rings is 1. The van der Waals surface area contributed by atoms with Gasteiger partial charge in [-0.15, -0.1) is 0 Å². The summed E-state index contributed by atoms with van der Waals surface area (Å²) in [6, 6.07) is 7.37. The Hall–Kier alpha value is -0.930. The molecule has 0 amide bonds. The highest BCUT2D eigenvalue weighted by Crippen LogP contribution is 2.21.